The number of hydrogen-bond acceptors (Lipinski definition) is 2. The van der Waals surface area contributed by atoms with Crippen LogP contribution in [0.25, 0.3) is 0 Å². The van der Waals surface area contributed by atoms with Gasteiger partial charge in [0.2, 0.25) is 0 Å². The number of aliphatic hydroxyl groups is 1. The maximum absolute atomic E-state index is 11.9. The van der Waals surface area contributed by atoms with E-state index < -0.39 is 12.3 Å². The van der Waals surface area contributed by atoms with Gasteiger partial charge in [0.25, 0.3) is 0 Å². The Labute approximate surface area is 76.3 Å². The van der Waals surface area contributed by atoms with Crippen molar-refractivity contribution in [2.75, 3.05) is 19.6 Å². The van der Waals surface area contributed by atoms with Gasteiger partial charge >= 0.3 is 6.18 Å². The van der Waals surface area contributed by atoms with Crippen molar-refractivity contribution in [3.05, 3.63) is 0 Å². The minimum atomic E-state index is -4.50. The third kappa shape index (κ3) is 5.10. The van der Waals surface area contributed by atoms with E-state index in [4.69, 9.17) is 5.11 Å². The average molecular weight is 199 g/mol. The number of rotatable bonds is 5. The van der Waals surface area contributed by atoms with E-state index in [1.54, 1.807) is 11.8 Å². The van der Waals surface area contributed by atoms with Crippen LogP contribution < -0.4 is 0 Å². The molecule has 13 heavy (non-hydrogen) atoms. The van der Waals surface area contributed by atoms with E-state index in [1.807, 2.05) is 6.92 Å². The van der Waals surface area contributed by atoms with Crippen molar-refractivity contribution in [3.8, 4) is 0 Å². The minimum Gasteiger partial charge on any atom is -0.382 e. The summed E-state index contributed by atoms with van der Waals surface area (Å²) in [6.07, 6.45) is -5.93. The minimum absolute atomic E-state index is 0.326. The van der Waals surface area contributed by atoms with Crippen LogP contribution in [0.4, 0.5) is 13.2 Å². The number of nitrogens with zero attached hydrogens (tertiary/aromatic N) is 1. The van der Waals surface area contributed by atoms with Gasteiger partial charge in [0, 0.05) is 6.54 Å². The molecule has 0 bridgehead atoms. The molecule has 1 atom stereocenters. The van der Waals surface area contributed by atoms with E-state index in [1.165, 1.54) is 0 Å². The number of hydrogen-bond donors (Lipinski definition) is 1. The number of halogens is 3. The van der Waals surface area contributed by atoms with Crippen LogP contribution in [0.2, 0.25) is 0 Å². The summed E-state index contributed by atoms with van der Waals surface area (Å²) in [5, 5.41) is 8.75. The molecule has 0 aliphatic carbocycles. The standard InChI is InChI=1S/C8H16F3NO/c1-3-5-12(4-2)6-7(13)8(9,10)11/h7,13H,3-6H2,1-2H3. The van der Waals surface area contributed by atoms with Gasteiger partial charge in [0.05, 0.1) is 0 Å². The first-order valence-corrected chi connectivity index (χ1v) is 4.38. The maximum Gasteiger partial charge on any atom is 0.415 e. The normalized spacial score (nSPS) is 15.0. The molecule has 0 heterocycles. The van der Waals surface area contributed by atoms with Crippen molar-refractivity contribution < 1.29 is 18.3 Å². The highest BCUT2D eigenvalue weighted by Crippen LogP contribution is 2.20. The quantitative estimate of drug-likeness (QED) is 0.727. The second-order valence-corrected chi connectivity index (χ2v) is 2.95. The second kappa shape index (κ2) is 5.44. The highest BCUT2D eigenvalue weighted by molar-refractivity contribution is 4.69. The molecule has 0 amide bonds. The van der Waals surface area contributed by atoms with Crippen LogP contribution in [0.3, 0.4) is 0 Å². The summed E-state index contributed by atoms with van der Waals surface area (Å²) in [6.45, 7) is 4.46. The molecule has 0 saturated heterocycles. The van der Waals surface area contributed by atoms with Crippen LogP contribution in [0.5, 0.6) is 0 Å². The molecule has 80 valence electrons. The summed E-state index contributed by atoms with van der Waals surface area (Å²) in [7, 11) is 0. The molecule has 0 saturated carbocycles. The molecule has 2 nitrogen and oxygen atoms in total. The van der Waals surface area contributed by atoms with Gasteiger partial charge in [-0.25, -0.2) is 0 Å². The van der Waals surface area contributed by atoms with Crippen molar-refractivity contribution in [1.82, 2.24) is 4.90 Å². The lowest BCUT2D eigenvalue weighted by atomic mass is 10.3. The zero-order chi connectivity index (χ0) is 10.5. The Morgan fingerprint density at radius 3 is 2.15 bits per heavy atom. The molecular weight excluding hydrogens is 183 g/mol. The van der Waals surface area contributed by atoms with Crippen molar-refractivity contribution >= 4 is 0 Å². The monoisotopic (exact) mass is 199 g/mol. The topological polar surface area (TPSA) is 23.5 Å². The average Bonchev–Trinajstić information content (AvgIpc) is 2.01. The molecule has 1 unspecified atom stereocenters. The molecule has 5 heteroatoms. The Bertz CT molecular complexity index is 138. The first-order chi connectivity index (χ1) is 5.91. The number of alkyl halides is 3. The van der Waals surface area contributed by atoms with E-state index >= 15 is 0 Å². The zero-order valence-electron chi connectivity index (χ0n) is 7.93. The van der Waals surface area contributed by atoms with E-state index in [-0.39, 0.29) is 6.54 Å². The van der Waals surface area contributed by atoms with Crippen LogP contribution in [0, 0.1) is 0 Å². The van der Waals surface area contributed by atoms with E-state index in [9.17, 15) is 13.2 Å². The van der Waals surface area contributed by atoms with Gasteiger partial charge in [0.15, 0.2) is 6.10 Å². The third-order valence-corrected chi connectivity index (χ3v) is 1.80. The Kier molecular flexibility index (Phi) is 5.32. The molecule has 0 radical (unpaired) electrons. The Morgan fingerprint density at radius 1 is 1.31 bits per heavy atom. The van der Waals surface area contributed by atoms with Gasteiger partial charge in [-0.15, -0.1) is 0 Å². The lowest BCUT2D eigenvalue weighted by molar-refractivity contribution is -0.208. The van der Waals surface area contributed by atoms with Crippen molar-refractivity contribution in [3.63, 3.8) is 0 Å². The highest BCUT2D eigenvalue weighted by atomic mass is 19.4. The Balaban J connectivity index is 3.93. The fourth-order valence-corrected chi connectivity index (χ4v) is 1.04. The molecular formula is C8H16F3NO. The molecule has 0 aliphatic heterocycles. The summed E-state index contributed by atoms with van der Waals surface area (Å²) >= 11 is 0. The molecule has 0 aromatic rings. The van der Waals surface area contributed by atoms with Gasteiger partial charge < -0.3 is 10.0 Å². The SMILES string of the molecule is CCCN(CC)CC(O)C(F)(F)F. The first-order valence-electron chi connectivity index (χ1n) is 4.38. The van der Waals surface area contributed by atoms with Gasteiger partial charge in [-0.05, 0) is 19.5 Å². The van der Waals surface area contributed by atoms with Crippen molar-refractivity contribution in [1.29, 1.82) is 0 Å². The molecule has 0 aromatic heterocycles. The first kappa shape index (κ1) is 12.7. The molecule has 0 fully saturated rings. The fraction of sp³-hybridized carbons (Fsp3) is 1.00. The largest absolute Gasteiger partial charge is 0.415 e. The van der Waals surface area contributed by atoms with Gasteiger partial charge in [-0.2, -0.15) is 13.2 Å². The lowest BCUT2D eigenvalue weighted by Crippen LogP contribution is -2.41. The summed E-state index contributed by atoms with van der Waals surface area (Å²) < 4.78 is 35.7. The summed E-state index contributed by atoms with van der Waals surface area (Å²) in [4.78, 5) is 1.58. The van der Waals surface area contributed by atoms with Gasteiger partial charge in [-0.3, -0.25) is 0 Å². The van der Waals surface area contributed by atoms with Crippen LogP contribution >= 0.6 is 0 Å². The smallest absolute Gasteiger partial charge is 0.382 e. The Morgan fingerprint density at radius 2 is 1.85 bits per heavy atom. The second-order valence-electron chi connectivity index (χ2n) is 2.95. The summed E-state index contributed by atoms with van der Waals surface area (Å²) in [6, 6.07) is 0. The van der Waals surface area contributed by atoms with Crippen LogP contribution in [0.1, 0.15) is 20.3 Å². The van der Waals surface area contributed by atoms with Gasteiger partial charge in [-0.1, -0.05) is 13.8 Å². The predicted molar refractivity (Wildman–Crippen MR) is 44.5 cm³/mol. The third-order valence-electron chi connectivity index (χ3n) is 1.80. The molecule has 1 N–H and O–H groups in total. The van der Waals surface area contributed by atoms with Crippen LogP contribution in [-0.2, 0) is 0 Å². The molecule has 0 aromatic carbocycles. The van der Waals surface area contributed by atoms with Crippen LogP contribution in [0.15, 0.2) is 0 Å². The fourth-order valence-electron chi connectivity index (χ4n) is 1.04. The molecule has 0 rings (SSSR count). The highest BCUT2D eigenvalue weighted by Gasteiger charge is 2.38. The maximum atomic E-state index is 11.9. The van der Waals surface area contributed by atoms with E-state index in [0.717, 1.165) is 6.42 Å². The Hall–Kier alpha value is -0.290. The van der Waals surface area contributed by atoms with Crippen molar-refractivity contribution in [2.45, 2.75) is 32.5 Å². The summed E-state index contributed by atoms with van der Waals surface area (Å²) in [5.41, 5.74) is 0. The van der Waals surface area contributed by atoms with Crippen LogP contribution in [-0.4, -0.2) is 41.9 Å². The van der Waals surface area contributed by atoms with Crippen molar-refractivity contribution in [2.24, 2.45) is 0 Å². The van der Waals surface area contributed by atoms with Gasteiger partial charge in [0.1, 0.15) is 0 Å². The molecule has 0 spiro atoms. The van der Waals surface area contributed by atoms with E-state index in [0.29, 0.717) is 13.1 Å². The predicted octanol–water partition coefficient (Wildman–Crippen LogP) is 1.64. The summed E-state index contributed by atoms with van der Waals surface area (Å²) in [5.74, 6) is 0. The molecule has 0 aliphatic rings. The lowest BCUT2D eigenvalue weighted by Gasteiger charge is -2.24. The van der Waals surface area contributed by atoms with E-state index in [2.05, 4.69) is 0 Å². The number of aliphatic hydroxyl groups excluding tert-OH is 1. The number of likely N-dealkylation sites (N-methyl/N-ethyl adjacent to an activating group) is 1. The zero-order valence-corrected chi connectivity index (χ0v) is 7.93.